The SMILES string of the molecule is C#CCNC(=O)CCCCCNc1ccc([N+](=O)[O-])cc1[N+](=O)[O-]. The third-order valence-corrected chi connectivity index (χ3v) is 3.17. The van der Waals surface area contributed by atoms with Gasteiger partial charge in [0.2, 0.25) is 5.91 Å². The molecule has 0 bridgehead atoms. The molecule has 2 N–H and O–H groups in total. The number of nitro benzene ring substituents is 2. The average Bonchev–Trinajstić information content (AvgIpc) is 2.55. The van der Waals surface area contributed by atoms with Gasteiger partial charge in [-0.1, -0.05) is 12.3 Å². The Morgan fingerprint density at radius 3 is 2.54 bits per heavy atom. The molecule has 1 aromatic carbocycles. The molecule has 0 aliphatic heterocycles. The molecule has 0 aromatic heterocycles. The summed E-state index contributed by atoms with van der Waals surface area (Å²) in [7, 11) is 0. The first-order chi connectivity index (χ1) is 11.5. The van der Waals surface area contributed by atoms with Crippen LogP contribution < -0.4 is 10.6 Å². The molecule has 9 nitrogen and oxygen atoms in total. The van der Waals surface area contributed by atoms with E-state index >= 15 is 0 Å². The largest absolute Gasteiger partial charge is 0.379 e. The Labute approximate surface area is 138 Å². The first kappa shape index (κ1) is 18.9. The minimum absolute atomic E-state index is 0.105. The van der Waals surface area contributed by atoms with Gasteiger partial charge in [-0.2, -0.15) is 0 Å². The lowest BCUT2D eigenvalue weighted by atomic mass is 10.2. The molecular formula is C15H18N4O5. The Kier molecular flexibility index (Phi) is 7.70. The van der Waals surface area contributed by atoms with E-state index in [0.29, 0.717) is 25.8 Å². The third kappa shape index (κ3) is 6.31. The van der Waals surface area contributed by atoms with Gasteiger partial charge < -0.3 is 10.6 Å². The second-order valence-corrected chi connectivity index (χ2v) is 4.93. The number of carbonyl (C=O) groups is 1. The zero-order valence-corrected chi connectivity index (χ0v) is 13.0. The number of anilines is 1. The molecule has 0 saturated carbocycles. The molecule has 0 unspecified atom stereocenters. The zero-order chi connectivity index (χ0) is 17.9. The van der Waals surface area contributed by atoms with Crippen molar-refractivity contribution in [3.63, 3.8) is 0 Å². The Hall–Kier alpha value is -3.15. The molecule has 9 heteroatoms. The van der Waals surface area contributed by atoms with Crippen LogP contribution in [0.15, 0.2) is 18.2 Å². The van der Waals surface area contributed by atoms with Crippen LogP contribution in [0.2, 0.25) is 0 Å². The standard InChI is InChI=1S/C15H18N4O5/c1-2-9-17-15(20)6-4-3-5-10-16-13-8-7-12(18(21)22)11-14(13)19(23)24/h1,7-8,11,16H,3-6,9-10H2,(H,17,20). The summed E-state index contributed by atoms with van der Waals surface area (Å²) >= 11 is 0. The second kappa shape index (κ2) is 9.78. The molecule has 0 radical (unpaired) electrons. The minimum atomic E-state index is -0.679. The number of non-ortho nitro benzene ring substituents is 1. The number of amides is 1. The lowest BCUT2D eigenvalue weighted by Crippen LogP contribution is -2.22. The van der Waals surface area contributed by atoms with Crippen LogP contribution in [-0.4, -0.2) is 28.8 Å². The summed E-state index contributed by atoms with van der Waals surface area (Å²) in [6.07, 6.45) is 7.55. The monoisotopic (exact) mass is 334 g/mol. The maximum atomic E-state index is 11.3. The molecule has 0 saturated heterocycles. The predicted octanol–water partition coefficient (Wildman–Crippen LogP) is 2.22. The number of carbonyl (C=O) groups excluding carboxylic acids is 1. The highest BCUT2D eigenvalue weighted by molar-refractivity contribution is 5.76. The van der Waals surface area contributed by atoms with Gasteiger partial charge in [-0.25, -0.2) is 0 Å². The topological polar surface area (TPSA) is 127 Å². The molecular weight excluding hydrogens is 316 g/mol. The van der Waals surface area contributed by atoms with Crippen LogP contribution in [0.3, 0.4) is 0 Å². The van der Waals surface area contributed by atoms with Gasteiger partial charge in [0, 0.05) is 19.0 Å². The van der Waals surface area contributed by atoms with E-state index in [2.05, 4.69) is 16.6 Å². The molecule has 1 amide bonds. The Morgan fingerprint density at radius 2 is 1.92 bits per heavy atom. The number of nitro groups is 2. The van der Waals surface area contributed by atoms with Gasteiger partial charge in [0.25, 0.3) is 11.4 Å². The van der Waals surface area contributed by atoms with Crippen LogP contribution in [0.1, 0.15) is 25.7 Å². The summed E-state index contributed by atoms with van der Waals surface area (Å²) in [4.78, 5) is 31.6. The van der Waals surface area contributed by atoms with Crippen molar-refractivity contribution < 1.29 is 14.6 Å². The number of nitrogens with zero attached hydrogens (tertiary/aromatic N) is 2. The summed E-state index contributed by atoms with van der Waals surface area (Å²) in [5.41, 5.74) is -0.430. The molecule has 0 aliphatic rings. The van der Waals surface area contributed by atoms with E-state index in [1.54, 1.807) is 0 Å². The van der Waals surface area contributed by atoms with Gasteiger partial charge in [0.1, 0.15) is 5.69 Å². The van der Waals surface area contributed by atoms with Gasteiger partial charge in [-0.3, -0.25) is 25.0 Å². The van der Waals surface area contributed by atoms with Crippen molar-refractivity contribution >= 4 is 23.0 Å². The Balaban J connectivity index is 2.40. The van der Waals surface area contributed by atoms with Gasteiger partial charge in [-0.05, 0) is 18.9 Å². The van der Waals surface area contributed by atoms with E-state index in [9.17, 15) is 25.0 Å². The van der Waals surface area contributed by atoms with Gasteiger partial charge >= 0.3 is 0 Å². The molecule has 0 fully saturated rings. The fourth-order valence-electron chi connectivity index (χ4n) is 1.98. The number of terminal acetylenes is 1. The fourth-order valence-corrected chi connectivity index (χ4v) is 1.98. The number of rotatable bonds is 10. The summed E-state index contributed by atoms with van der Waals surface area (Å²) in [5, 5.41) is 27.1. The number of benzene rings is 1. The van der Waals surface area contributed by atoms with Crippen LogP contribution >= 0.6 is 0 Å². The van der Waals surface area contributed by atoms with E-state index in [0.717, 1.165) is 12.5 Å². The highest BCUT2D eigenvalue weighted by Crippen LogP contribution is 2.28. The van der Waals surface area contributed by atoms with Crippen molar-refractivity contribution in [2.45, 2.75) is 25.7 Å². The molecule has 0 heterocycles. The maximum absolute atomic E-state index is 11.3. The predicted molar refractivity (Wildman–Crippen MR) is 88.6 cm³/mol. The summed E-state index contributed by atoms with van der Waals surface area (Å²) in [6, 6.07) is 3.47. The van der Waals surface area contributed by atoms with Crippen molar-refractivity contribution in [3.8, 4) is 12.3 Å². The van der Waals surface area contributed by atoms with Crippen LogP contribution in [0.5, 0.6) is 0 Å². The second-order valence-electron chi connectivity index (χ2n) is 4.93. The minimum Gasteiger partial charge on any atom is -0.379 e. The average molecular weight is 334 g/mol. The van der Waals surface area contributed by atoms with E-state index in [-0.39, 0.29) is 29.5 Å². The van der Waals surface area contributed by atoms with Crippen molar-refractivity contribution in [1.29, 1.82) is 0 Å². The number of hydrogen-bond donors (Lipinski definition) is 2. The lowest BCUT2D eigenvalue weighted by Gasteiger charge is -2.07. The van der Waals surface area contributed by atoms with Gasteiger partial charge in [0.15, 0.2) is 0 Å². The van der Waals surface area contributed by atoms with Crippen molar-refractivity contribution in [2.24, 2.45) is 0 Å². The first-order valence-corrected chi connectivity index (χ1v) is 7.32. The van der Waals surface area contributed by atoms with Crippen LogP contribution in [0.4, 0.5) is 17.1 Å². The molecule has 0 aliphatic carbocycles. The molecule has 1 aromatic rings. The number of nitrogens with one attached hydrogen (secondary N) is 2. The lowest BCUT2D eigenvalue weighted by molar-refractivity contribution is -0.393. The van der Waals surface area contributed by atoms with E-state index in [4.69, 9.17) is 6.42 Å². The van der Waals surface area contributed by atoms with E-state index in [1.807, 2.05) is 0 Å². The Morgan fingerprint density at radius 1 is 1.17 bits per heavy atom. The smallest absolute Gasteiger partial charge is 0.299 e. The summed E-state index contributed by atoms with van der Waals surface area (Å²) in [5.74, 6) is 2.21. The quantitative estimate of drug-likeness (QED) is 0.292. The normalized spacial score (nSPS) is 9.79. The van der Waals surface area contributed by atoms with Gasteiger partial charge in [-0.15, -0.1) is 6.42 Å². The third-order valence-electron chi connectivity index (χ3n) is 3.17. The Bertz CT molecular complexity index is 654. The van der Waals surface area contributed by atoms with E-state index < -0.39 is 9.85 Å². The van der Waals surface area contributed by atoms with Crippen molar-refractivity contribution in [2.75, 3.05) is 18.4 Å². The molecule has 1 rings (SSSR count). The fraction of sp³-hybridized carbons (Fsp3) is 0.400. The zero-order valence-electron chi connectivity index (χ0n) is 13.0. The van der Waals surface area contributed by atoms with Gasteiger partial charge in [0.05, 0.1) is 22.5 Å². The highest BCUT2D eigenvalue weighted by Gasteiger charge is 2.18. The van der Waals surface area contributed by atoms with Crippen LogP contribution in [0.25, 0.3) is 0 Å². The number of hydrogen-bond acceptors (Lipinski definition) is 6. The van der Waals surface area contributed by atoms with Crippen molar-refractivity contribution in [1.82, 2.24) is 5.32 Å². The first-order valence-electron chi connectivity index (χ1n) is 7.32. The molecule has 24 heavy (non-hydrogen) atoms. The summed E-state index contributed by atoms with van der Waals surface area (Å²) < 4.78 is 0. The molecule has 0 atom stereocenters. The van der Waals surface area contributed by atoms with E-state index in [1.165, 1.54) is 12.1 Å². The maximum Gasteiger partial charge on any atom is 0.299 e. The molecule has 128 valence electrons. The summed E-state index contributed by atoms with van der Waals surface area (Å²) in [6.45, 7) is 0.675. The van der Waals surface area contributed by atoms with Crippen LogP contribution in [0, 0.1) is 32.6 Å². The highest BCUT2D eigenvalue weighted by atomic mass is 16.6. The van der Waals surface area contributed by atoms with Crippen molar-refractivity contribution in [3.05, 3.63) is 38.4 Å². The number of unbranched alkanes of at least 4 members (excludes halogenated alkanes) is 2. The molecule has 0 spiro atoms. The van der Waals surface area contributed by atoms with Crippen LogP contribution in [-0.2, 0) is 4.79 Å².